The van der Waals surface area contributed by atoms with Crippen molar-refractivity contribution in [2.24, 2.45) is 0 Å². The zero-order chi connectivity index (χ0) is 20.0. The summed E-state index contributed by atoms with van der Waals surface area (Å²) in [7, 11) is 0. The number of fused-ring (bicyclic) bond motifs is 1. The van der Waals surface area contributed by atoms with E-state index in [-0.39, 0.29) is 30.2 Å². The van der Waals surface area contributed by atoms with Gasteiger partial charge in [0.1, 0.15) is 12.6 Å². The van der Waals surface area contributed by atoms with Crippen molar-refractivity contribution in [3.63, 3.8) is 0 Å². The molecule has 1 aromatic carbocycles. The molecule has 0 unspecified atom stereocenters. The zero-order valence-corrected chi connectivity index (χ0v) is 17.9. The molecule has 1 saturated heterocycles. The van der Waals surface area contributed by atoms with Gasteiger partial charge in [-0.05, 0) is 63.3 Å². The van der Waals surface area contributed by atoms with E-state index < -0.39 is 0 Å². The number of piperidine rings is 1. The van der Waals surface area contributed by atoms with Crippen LogP contribution in [0.3, 0.4) is 0 Å². The first kappa shape index (κ1) is 19.1. The largest absolute Gasteiger partial charge is 0.473 e. The predicted octanol–water partition coefficient (Wildman–Crippen LogP) is 2.44. The highest BCUT2D eigenvalue weighted by atomic mass is 79.9. The number of nitrogens with one attached hydrogen (secondary N) is 1. The van der Waals surface area contributed by atoms with Gasteiger partial charge < -0.3 is 10.1 Å². The minimum absolute atomic E-state index is 0.0915. The third kappa shape index (κ3) is 4.33. The van der Waals surface area contributed by atoms with Crippen LogP contribution in [0.2, 0.25) is 0 Å². The van der Waals surface area contributed by atoms with Crippen molar-refractivity contribution < 1.29 is 9.53 Å². The SMILES string of the molecule is O=C(Cn1nc(OC2CC2)c2cc(Br)ccc2c1=O)N[C@H]1CCCN(C2CC2)C1. The van der Waals surface area contributed by atoms with E-state index in [1.807, 2.05) is 12.1 Å². The average molecular weight is 461 g/mol. The summed E-state index contributed by atoms with van der Waals surface area (Å²) in [6, 6.07) is 6.28. The molecule has 8 heteroatoms. The third-order valence-corrected chi connectivity index (χ3v) is 6.36. The number of likely N-dealkylation sites (tertiary alicyclic amines) is 1. The fraction of sp³-hybridized carbons (Fsp3) is 0.571. The number of hydrogen-bond acceptors (Lipinski definition) is 5. The first-order chi connectivity index (χ1) is 14.1. The molecule has 0 spiro atoms. The Labute approximate surface area is 177 Å². The molecule has 1 atom stereocenters. The average Bonchev–Trinajstić information content (AvgIpc) is 3.60. The highest BCUT2D eigenvalue weighted by molar-refractivity contribution is 9.10. The molecule has 1 aromatic heterocycles. The van der Waals surface area contributed by atoms with E-state index in [1.54, 1.807) is 6.07 Å². The topological polar surface area (TPSA) is 76.5 Å². The summed E-state index contributed by atoms with van der Waals surface area (Å²) in [5.74, 6) is 0.254. The van der Waals surface area contributed by atoms with Crippen LogP contribution in [0.5, 0.6) is 5.88 Å². The van der Waals surface area contributed by atoms with Gasteiger partial charge in [0.25, 0.3) is 5.56 Å². The number of aromatic nitrogens is 2. The molecule has 29 heavy (non-hydrogen) atoms. The Morgan fingerprint density at radius 3 is 2.79 bits per heavy atom. The lowest BCUT2D eigenvalue weighted by atomic mass is 10.1. The maximum Gasteiger partial charge on any atom is 0.275 e. The highest BCUT2D eigenvalue weighted by Gasteiger charge is 2.33. The van der Waals surface area contributed by atoms with E-state index in [9.17, 15) is 9.59 Å². The molecule has 2 saturated carbocycles. The molecule has 5 rings (SSSR count). The van der Waals surface area contributed by atoms with Crippen molar-refractivity contribution in [2.45, 2.75) is 63.3 Å². The monoisotopic (exact) mass is 460 g/mol. The summed E-state index contributed by atoms with van der Waals surface area (Å²) < 4.78 is 8.04. The van der Waals surface area contributed by atoms with Gasteiger partial charge in [0, 0.05) is 23.1 Å². The second-order valence-electron chi connectivity index (χ2n) is 8.41. The molecule has 2 aromatic rings. The van der Waals surface area contributed by atoms with Gasteiger partial charge >= 0.3 is 0 Å². The molecule has 3 aliphatic rings. The molecule has 1 amide bonds. The van der Waals surface area contributed by atoms with Gasteiger partial charge in [-0.3, -0.25) is 14.5 Å². The molecule has 7 nitrogen and oxygen atoms in total. The highest BCUT2D eigenvalue weighted by Crippen LogP contribution is 2.31. The third-order valence-electron chi connectivity index (χ3n) is 5.87. The van der Waals surface area contributed by atoms with Crippen LogP contribution in [0.15, 0.2) is 27.5 Å². The van der Waals surface area contributed by atoms with Crippen molar-refractivity contribution in [1.29, 1.82) is 0 Å². The molecular formula is C21H25BrN4O3. The van der Waals surface area contributed by atoms with Crippen LogP contribution < -0.4 is 15.6 Å². The molecular weight excluding hydrogens is 436 g/mol. The Kier molecular flexibility index (Phi) is 5.07. The van der Waals surface area contributed by atoms with Crippen LogP contribution >= 0.6 is 15.9 Å². The maximum atomic E-state index is 12.9. The Balaban J connectivity index is 1.35. The Morgan fingerprint density at radius 2 is 2.03 bits per heavy atom. The van der Waals surface area contributed by atoms with Gasteiger partial charge in [-0.15, -0.1) is 5.10 Å². The van der Waals surface area contributed by atoms with E-state index in [2.05, 4.69) is 31.2 Å². The van der Waals surface area contributed by atoms with E-state index in [0.29, 0.717) is 22.7 Å². The fourth-order valence-corrected chi connectivity index (χ4v) is 4.43. The lowest BCUT2D eigenvalue weighted by Gasteiger charge is -2.33. The zero-order valence-electron chi connectivity index (χ0n) is 16.3. The number of nitrogens with zero attached hydrogens (tertiary/aromatic N) is 3. The van der Waals surface area contributed by atoms with Gasteiger partial charge in [0.2, 0.25) is 11.8 Å². The number of hydrogen-bond donors (Lipinski definition) is 1. The summed E-state index contributed by atoms with van der Waals surface area (Å²) in [5.41, 5.74) is -0.269. The smallest absolute Gasteiger partial charge is 0.275 e. The Bertz CT molecular complexity index is 999. The summed E-state index contributed by atoms with van der Waals surface area (Å²) in [6.07, 6.45) is 6.78. The lowest BCUT2D eigenvalue weighted by molar-refractivity contribution is -0.123. The molecule has 1 N–H and O–H groups in total. The van der Waals surface area contributed by atoms with Crippen LogP contribution in [0.1, 0.15) is 38.5 Å². The molecule has 0 radical (unpaired) electrons. The molecule has 2 aliphatic carbocycles. The molecule has 2 heterocycles. The minimum atomic E-state index is -0.269. The van der Waals surface area contributed by atoms with Crippen molar-refractivity contribution in [3.8, 4) is 5.88 Å². The second kappa shape index (κ2) is 7.72. The van der Waals surface area contributed by atoms with E-state index in [1.165, 1.54) is 17.5 Å². The van der Waals surface area contributed by atoms with Gasteiger partial charge in [-0.1, -0.05) is 15.9 Å². The predicted molar refractivity (Wildman–Crippen MR) is 113 cm³/mol. The minimum Gasteiger partial charge on any atom is -0.473 e. The second-order valence-corrected chi connectivity index (χ2v) is 9.32. The lowest BCUT2D eigenvalue weighted by Crippen LogP contribution is -2.49. The van der Waals surface area contributed by atoms with Gasteiger partial charge in [-0.25, -0.2) is 4.68 Å². The molecule has 154 valence electrons. The van der Waals surface area contributed by atoms with E-state index >= 15 is 0 Å². The van der Waals surface area contributed by atoms with Crippen molar-refractivity contribution in [1.82, 2.24) is 20.0 Å². The number of carbonyl (C=O) groups excluding carboxylic acids is 1. The van der Waals surface area contributed by atoms with Crippen LogP contribution in [-0.4, -0.2) is 51.9 Å². The van der Waals surface area contributed by atoms with Gasteiger partial charge in [0.05, 0.1) is 10.8 Å². The van der Waals surface area contributed by atoms with Crippen molar-refractivity contribution >= 4 is 32.6 Å². The standard InChI is InChI=1S/C21H25BrN4O3/c22-13-3-8-17-18(10-13)20(29-16-6-7-16)24-26(21(17)28)12-19(27)23-14-2-1-9-25(11-14)15-4-5-15/h3,8,10,14-16H,1-2,4-7,9,11-12H2,(H,23,27)/t14-/m0/s1. The first-order valence-electron chi connectivity index (χ1n) is 10.5. The number of rotatable bonds is 6. The molecule has 0 bridgehead atoms. The van der Waals surface area contributed by atoms with Crippen molar-refractivity contribution in [2.75, 3.05) is 13.1 Å². The van der Waals surface area contributed by atoms with Crippen LogP contribution in [-0.2, 0) is 11.3 Å². The Hall–Kier alpha value is -1.93. The van der Waals surface area contributed by atoms with Crippen molar-refractivity contribution in [3.05, 3.63) is 33.0 Å². The number of ether oxygens (including phenoxy) is 1. The number of amides is 1. The number of benzene rings is 1. The van der Waals surface area contributed by atoms with Crippen LogP contribution in [0, 0.1) is 0 Å². The molecule has 3 fully saturated rings. The normalized spacial score (nSPS) is 22.6. The van der Waals surface area contributed by atoms with Gasteiger partial charge in [0.15, 0.2) is 0 Å². The Morgan fingerprint density at radius 1 is 1.21 bits per heavy atom. The summed E-state index contributed by atoms with van der Waals surface area (Å²) in [6.45, 7) is 1.94. The van der Waals surface area contributed by atoms with Gasteiger partial charge in [-0.2, -0.15) is 0 Å². The first-order valence-corrected chi connectivity index (χ1v) is 11.3. The molecule has 1 aliphatic heterocycles. The number of halogens is 1. The quantitative estimate of drug-likeness (QED) is 0.716. The van der Waals surface area contributed by atoms with Crippen LogP contribution in [0.4, 0.5) is 0 Å². The van der Waals surface area contributed by atoms with E-state index in [0.717, 1.165) is 43.2 Å². The fourth-order valence-electron chi connectivity index (χ4n) is 4.07. The summed E-state index contributed by atoms with van der Waals surface area (Å²) in [5, 5.41) is 8.70. The number of carbonyl (C=O) groups is 1. The maximum absolute atomic E-state index is 12.9. The summed E-state index contributed by atoms with van der Waals surface area (Å²) >= 11 is 3.45. The summed E-state index contributed by atoms with van der Waals surface area (Å²) in [4.78, 5) is 28.1. The van der Waals surface area contributed by atoms with Crippen LogP contribution in [0.25, 0.3) is 10.8 Å². The van der Waals surface area contributed by atoms with E-state index in [4.69, 9.17) is 4.74 Å².